The highest BCUT2D eigenvalue weighted by atomic mass is 19.3. The van der Waals surface area contributed by atoms with E-state index in [1.807, 2.05) is 0 Å². The largest absolute Gasteiger partial charge is 0.493 e. The standard InChI is InChI=1S/C19H23F2N3O4/c1-25-14-6-5-12(8-15(14)27-19(20)21)9-17-22-18(23-28-17)16-10-24-7-3-2-4-13(24)11-26-16/h5-6,8,13,16,19H,2-4,7,9-11H2,1H3. The number of alkyl halides is 2. The third kappa shape index (κ3) is 4.25. The lowest BCUT2D eigenvalue weighted by Gasteiger charge is -2.41. The van der Waals surface area contributed by atoms with E-state index in [1.165, 1.54) is 32.4 Å². The van der Waals surface area contributed by atoms with E-state index in [0.717, 1.165) is 13.1 Å². The van der Waals surface area contributed by atoms with E-state index in [9.17, 15) is 8.78 Å². The highest BCUT2D eigenvalue weighted by molar-refractivity contribution is 5.43. The summed E-state index contributed by atoms with van der Waals surface area (Å²) in [5, 5.41) is 4.06. The van der Waals surface area contributed by atoms with Gasteiger partial charge >= 0.3 is 6.61 Å². The van der Waals surface area contributed by atoms with E-state index in [2.05, 4.69) is 19.8 Å². The van der Waals surface area contributed by atoms with Gasteiger partial charge in [0.25, 0.3) is 0 Å². The molecule has 0 bridgehead atoms. The van der Waals surface area contributed by atoms with Crippen molar-refractivity contribution in [3.05, 3.63) is 35.5 Å². The maximum Gasteiger partial charge on any atom is 0.387 e. The Morgan fingerprint density at radius 3 is 3.00 bits per heavy atom. The van der Waals surface area contributed by atoms with Gasteiger partial charge in [-0.05, 0) is 37.1 Å². The Morgan fingerprint density at radius 1 is 1.29 bits per heavy atom. The van der Waals surface area contributed by atoms with Crippen LogP contribution in [0.15, 0.2) is 22.7 Å². The summed E-state index contributed by atoms with van der Waals surface area (Å²) in [7, 11) is 1.40. The summed E-state index contributed by atoms with van der Waals surface area (Å²) < 4.78 is 46.0. The lowest BCUT2D eigenvalue weighted by molar-refractivity contribution is -0.0805. The Labute approximate surface area is 161 Å². The summed E-state index contributed by atoms with van der Waals surface area (Å²) in [5.74, 6) is 1.13. The molecule has 0 saturated carbocycles. The van der Waals surface area contributed by atoms with Crippen molar-refractivity contribution in [3.8, 4) is 11.5 Å². The van der Waals surface area contributed by atoms with Crippen LogP contribution < -0.4 is 9.47 Å². The molecule has 0 amide bonds. The van der Waals surface area contributed by atoms with Crippen molar-refractivity contribution in [2.75, 3.05) is 26.8 Å². The van der Waals surface area contributed by atoms with Crippen LogP contribution in [0.5, 0.6) is 11.5 Å². The van der Waals surface area contributed by atoms with Crippen molar-refractivity contribution >= 4 is 0 Å². The molecular weight excluding hydrogens is 372 g/mol. The first kappa shape index (κ1) is 19.1. The summed E-state index contributed by atoms with van der Waals surface area (Å²) in [6.45, 7) is -0.408. The van der Waals surface area contributed by atoms with Gasteiger partial charge in [0, 0.05) is 12.6 Å². The fourth-order valence-corrected chi connectivity index (χ4v) is 3.80. The normalized spacial score (nSPS) is 22.9. The minimum absolute atomic E-state index is 0.0264. The zero-order valence-corrected chi connectivity index (χ0v) is 15.6. The Morgan fingerprint density at radius 2 is 2.18 bits per heavy atom. The summed E-state index contributed by atoms with van der Waals surface area (Å²) in [6.07, 6.45) is 3.72. The van der Waals surface area contributed by atoms with Gasteiger partial charge in [-0.25, -0.2) is 0 Å². The first-order chi connectivity index (χ1) is 13.6. The van der Waals surface area contributed by atoms with Gasteiger partial charge in [-0.2, -0.15) is 13.8 Å². The summed E-state index contributed by atoms with van der Waals surface area (Å²) in [4.78, 5) is 6.89. The molecule has 3 heterocycles. The third-order valence-corrected chi connectivity index (χ3v) is 5.21. The highest BCUT2D eigenvalue weighted by Crippen LogP contribution is 2.31. The molecule has 2 aliphatic rings. The van der Waals surface area contributed by atoms with Gasteiger partial charge in [-0.3, -0.25) is 4.90 Å². The van der Waals surface area contributed by atoms with Crippen molar-refractivity contribution < 1.29 is 27.5 Å². The number of halogens is 2. The van der Waals surface area contributed by atoms with Crippen LogP contribution in [-0.2, 0) is 11.2 Å². The molecule has 152 valence electrons. The van der Waals surface area contributed by atoms with Crippen molar-refractivity contribution in [2.45, 2.75) is 44.4 Å². The van der Waals surface area contributed by atoms with E-state index >= 15 is 0 Å². The molecule has 0 N–H and O–H groups in total. The Bertz CT molecular complexity index is 801. The molecule has 1 aromatic heterocycles. The average molecular weight is 395 g/mol. The third-order valence-electron chi connectivity index (χ3n) is 5.21. The Kier molecular flexibility index (Phi) is 5.72. The minimum Gasteiger partial charge on any atom is -0.493 e. The van der Waals surface area contributed by atoms with Crippen molar-refractivity contribution in [1.82, 2.24) is 15.0 Å². The van der Waals surface area contributed by atoms with E-state index in [4.69, 9.17) is 14.0 Å². The SMILES string of the molecule is COc1ccc(Cc2nc(C3CN4CCCCC4CO3)no2)cc1OC(F)F. The van der Waals surface area contributed by atoms with E-state index in [-0.39, 0.29) is 17.6 Å². The molecule has 28 heavy (non-hydrogen) atoms. The number of ether oxygens (including phenoxy) is 3. The van der Waals surface area contributed by atoms with Crippen LogP contribution >= 0.6 is 0 Å². The fraction of sp³-hybridized carbons (Fsp3) is 0.579. The first-order valence-corrected chi connectivity index (χ1v) is 9.42. The highest BCUT2D eigenvalue weighted by Gasteiger charge is 2.33. The number of methoxy groups -OCH3 is 1. The monoisotopic (exact) mass is 395 g/mol. The molecule has 2 atom stereocenters. The predicted octanol–water partition coefficient (Wildman–Crippen LogP) is 3.20. The van der Waals surface area contributed by atoms with Crippen molar-refractivity contribution in [2.24, 2.45) is 0 Å². The molecule has 0 spiro atoms. The van der Waals surface area contributed by atoms with Gasteiger partial charge < -0.3 is 18.7 Å². The van der Waals surface area contributed by atoms with Crippen molar-refractivity contribution in [1.29, 1.82) is 0 Å². The Hall–Kier alpha value is -2.26. The molecule has 4 rings (SSSR count). The number of piperidine rings is 1. The van der Waals surface area contributed by atoms with Crippen LogP contribution in [-0.4, -0.2) is 54.5 Å². The molecule has 2 saturated heterocycles. The van der Waals surface area contributed by atoms with E-state index < -0.39 is 6.61 Å². The number of benzene rings is 1. The second-order valence-corrected chi connectivity index (χ2v) is 7.05. The second-order valence-electron chi connectivity index (χ2n) is 7.05. The van der Waals surface area contributed by atoms with E-state index in [0.29, 0.717) is 36.3 Å². The number of hydrogen-bond acceptors (Lipinski definition) is 7. The quantitative estimate of drug-likeness (QED) is 0.744. The number of hydrogen-bond donors (Lipinski definition) is 0. The van der Waals surface area contributed by atoms with Gasteiger partial charge in [-0.15, -0.1) is 0 Å². The molecule has 7 nitrogen and oxygen atoms in total. The zero-order valence-electron chi connectivity index (χ0n) is 15.6. The second kappa shape index (κ2) is 8.40. The maximum absolute atomic E-state index is 12.6. The van der Waals surface area contributed by atoms with Gasteiger partial charge in [0.2, 0.25) is 11.7 Å². The molecule has 2 unspecified atom stereocenters. The molecule has 1 aromatic carbocycles. The summed E-state index contributed by atoms with van der Waals surface area (Å²) in [6, 6.07) is 5.30. The number of aromatic nitrogens is 2. The van der Waals surface area contributed by atoms with Crippen molar-refractivity contribution in [3.63, 3.8) is 0 Å². The number of rotatable bonds is 6. The van der Waals surface area contributed by atoms with Crippen LogP contribution in [0.3, 0.4) is 0 Å². The Balaban J connectivity index is 1.43. The van der Waals surface area contributed by atoms with Crippen LogP contribution in [0, 0.1) is 0 Å². The first-order valence-electron chi connectivity index (χ1n) is 9.42. The smallest absolute Gasteiger partial charge is 0.387 e. The molecule has 0 radical (unpaired) electrons. The lowest BCUT2D eigenvalue weighted by Crippen LogP contribution is -2.49. The fourth-order valence-electron chi connectivity index (χ4n) is 3.80. The molecule has 2 aromatic rings. The van der Waals surface area contributed by atoms with Gasteiger partial charge in [0.15, 0.2) is 11.5 Å². The zero-order chi connectivity index (χ0) is 19.5. The molecular formula is C19H23F2N3O4. The average Bonchev–Trinajstić information content (AvgIpc) is 3.16. The van der Waals surface area contributed by atoms with Crippen LogP contribution in [0.25, 0.3) is 0 Å². The molecule has 0 aliphatic carbocycles. The van der Waals surface area contributed by atoms with Gasteiger partial charge in [0.1, 0.15) is 6.10 Å². The lowest BCUT2D eigenvalue weighted by atomic mass is 10.0. The van der Waals surface area contributed by atoms with Gasteiger partial charge in [0.05, 0.1) is 20.1 Å². The number of nitrogens with zero attached hydrogens (tertiary/aromatic N) is 3. The van der Waals surface area contributed by atoms with Crippen LogP contribution in [0.4, 0.5) is 8.78 Å². The maximum atomic E-state index is 12.6. The molecule has 2 aliphatic heterocycles. The van der Waals surface area contributed by atoms with Crippen LogP contribution in [0.2, 0.25) is 0 Å². The number of fused-ring (bicyclic) bond motifs is 1. The topological polar surface area (TPSA) is 69.9 Å². The predicted molar refractivity (Wildman–Crippen MR) is 94.6 cm³/mol. The molecule has 9 heteroatoms. The van der Waals surface area contributed by atoms with Gasteiger partial charge in [-0.1, -0.05) is 17.6 Å². The summed E-state index contributed by atoms with van der Waals surface area (Å²) in [5.41, 5.74) is 0.701. The molecule has 2 fully saturated rings. The minimum atomic E-state index is -2.93. The summed E-state index contributed by atoms with van der Waals surface area (Å²) >= 11 is 0. The van der Waals surface area contributed by atoms with E-state index in [1.54, 1.807) is 12.1 Å². The van der Waals surface area contributed by atoms with Crippen LogP contribution in [0.1, 0.15) is 42.6 Å². The number of morpholine rings is 1.